The highest BCUT2D eigenvalue weighted by Crippen LogP contribution is 2.26. The van der Waals surface area contributed by atoms with Crippen molar-refractivity contribution in [2.75, 3.05) is 16.8 Å². The first kappa shape index (κ1) is 17.1. The summed E-state index contributed by atoms with van der Waals surface area (Å²) in [5, 5.41) is 5.25. The number of amides is 1. The third-order valence-corrected chi connectivity index (χ3v) is 6.80. The smallest absolute Gasteiger partial charge is 0.226 e. The molecule has 1 amide bonds. The summed E-state index contributed by atoms with van der Waals surface area (Å²) < 4.78 is 22.9. The summed E-state index contributed by atoms with van der Waals surface area (Å²) >= 11 is 1.38. The van der Waals surface area contributed by atoms with Crippen molar-refractivity contribution in [2.45, 2.75) is 26.2 Å². The van der Waals surface area contributed by atoms with Crippen LogP contribution in [-0.4, -0.2) is 30.8 Å². The van der Waals surface area contributed by atoms with Gasteiger partial charge in [0.25, 0.3) is 0 Å². The molecule has 2 heterocycles. The van der Waals surface area contributed by atoms with E-state index in [9.17, 15) is 13.2 Å². The summed E-state index contributed by atoms with van der Waals surface area (Å²) in [4.78, 5) is 16.5. The molecule has 1 fully saturated rings. The zero-order valence-electron chi connectivity index (χ0n) is 13.5. The van der Waals surface area contributed by atoms with E-state index in [-0.39, 0.29) is 29.8 Å². The Hall–Kier alpha value is -1.73. The van der Waals surface area contributed by atoms with Crippen molar-refractivity contribution in [3.63, 3.8) is 0 Å². The van der Waals surface area contributed by atoms with Crippen LogP contribution in [0.5, 0.6) is 0 Å². The largest absolute Gasteiger partial charge is 0.302 e. The van der Waals surface area contributed by atoms with Gasteiger partial charge in [-0.1, -0.05) is 31.2 Å². The van der Waals surface area contributed by atoms with Crippen LogP contribution >= 0.6 is 11.3 Å². The fraction of sp³-hybridized carbons (Fsp3) is 0.412. The van der Waals surface area contributed by atoms with E-state index in [2.05, 4.69) is 29.4 Å². The predicted molar refractivity (Wildman–Crippen MR) is 96.9 cm³/mol. The van der Waals surface area contributed by atoms with Gasteiger partial charge in [-0.25, -0.2) is 13.4 Å². The number of benzene rings is 1. The Morgan fingerprint density at radius 3 is 2.71 bits per heavy atom. The lowest BCUT2D eigenvalue weighted by molar-refractivity contribution is -0.116. The molecular weight excluding hydrogens is 344 g/mol. The number of carbonyl (C=O) groups is 1. The van der Waals surface area contributed by atoms with E-state index in [0.29, 0.717) is 11.6 Å². The van der Waals surface area contributed by atoms with Crippen molar-refractivity contribution in [1.82, 2.24) is 4.98 Å². The third kappa shape index (κ3) is 4.21. The molecule has 128 valence electrons. The maximum Gasteiger partial charge on any atom is 0.226 e. The van der Waals surface area contributed by atoms with Crippen molar-refractivity contribution in [2.24, 2.45) is 5.92 Å². The quantitative estimate of drug-likeness (QED) is 0.884. The van der Waals surface area contributed by atoms with Gasteiger partial charge < -0.3 is 5.32 Å². The molecule has 1 aromatic heterocycles. The van der Waals surface area contributed by atoms with Gasteiger partial charge in [0.05, 0.1) is 17.2 Å². The summed E-state index contributed by atoms with van der Waals surface area (Å²) in [6.45, 7) is 2.11. The molecule has 1 aliphatic heterocycles. The minimum absolute atomic E-state index is 0.0731. The predicted octanol–water partition coefficient (Wildman–Crippen LogP) is 3.14. The van der Waals surface area contributed by atoms with Gasteiger partial charge in [0.1, 0.15) is 0 Å². The Kier molecular flexibility index (Phi) is 5.01. The molecule has 0 saturated carbocycles. The van der Waals surface area contributed by atoms with Gasteiger partial charge >= 0.3 is 0 Å². The van der Waals surface area contributed by atoms with Gasteiger partial charge in [0.2, 0.25) is 5.91 Å². The van der Waals surface area contributed by atoms with Crippen LogP contribution < -0.4 is 5.32 Å². The molecule has 1 atom stereocenters. The molecule has 24 heavy (non-hydrogen) atoms. The maximum atomic E-state index is 12.1. The van der Waals surface area contributed by atoms with Crippen LogP contribution in [0.1, 0.15) is 25.3 Å². The molecule has 1 unspecified atom stereocenters. The molecule has 5 nitrogen and oxygen atoms in total. The summed E-state index contributed by atoms with van der Waals surface area (Å²) in [5.74, 6) is 0.0725. The Labute approximate surface area is 146 Å². The number of carbonyl (C=O) groups excluding carboxylic acids is 1. The van der Waals surface area contributed by atoms with Gasteiger partial charge in [0, 0.05) is 17.4 Å². The summed E-state index contributed by atoms with van der Waals surface area (Å²) in [6.07, 6.45) is 1.80. The SMILES string of the molecule is CCc1ccc(-c2csc(NC(=O)CC3CCS(=O)(=O)C3)n2)cc1. The molecule has 1 aliphatic rings. The van der Waals surface area contributed by atoms with Crippen molar-refractivity contribution in [1.29, 1.82) is 0 Å². The second-order valence-corrected chi connectivity index (χ2v) is 9.20. The number of hydrogen-bond acceptors (Lipinski definition) is 5. The first-order valence-electron chi connectivity index (χ1n) is 8.00. The standard InChI is InChI=1S/C17H20N2O3S2/c1-2-12-3-5-14(6-4-12)15-10-23-17(18-15)19-16(20)9-13-7-8-24(21,22)11-13/h3-6,10,13H,2,7-9,11H2,1H3,(H,18,19,20). The molecule has 0 aliphatic carbocycles. The van der Waals surface area contributed by atoms with E-state index in [1.54, 1.807) is 0 Å². The minimum atomic E-state index is -2.94. The van der Waals surface area contributed by atoms with Gasteiger partial charge in [0.15, 0.2) is 15.0 Å². The second-order valence-electron chi connectivity index (χ2n) is 6.11. The third-order valence-electron chi connectivity index (χ3n) is 4.21. The Bertz CT molecular complexity index is 826. The monoisotopic (exact) mass is 364 g/mol. The number of thiazole rings is 1. The number of nitrogens with zero attached hydrogens (tertiary/aromatic N) is 1. The van der Waals surface area contributed by atoms with Crippen LogP contribution in [-0.2, 0) is 21.1 Å². The van der Waals surface area contributed by atoms with Crippen LogP contribution in [0.25, 0.3) is 11.3 Å². The second kappa shape index (κ2) is 7.03. The van der Waals surface area contributed by atoms with Crippen molar-refractivity contribution >= 4 is 32.2 Å². The van der Waals surface area contributed by atoms with Crippen molar-refractivity contribution in [3.8, 4) is 11.3 Å². The number of sulfone groups is 1. The Balaban J connectivity index is 1.60. The number of aromatic nitrogens is 1. The van der Waals surface area contributed by atoms with E-state index >= 15 is 0 Å². The molecule has 0 radical (unpaired) electrons. The Morgan fingerprint density at radius 2 is 2.08 bits per heavy atom. The lowest BCUT2D eigenvalue weighted by Crippen LogP contribution is -2.17. The molecule has 7 heteroatoms. The van der Waals surface area contributed by atoms with Gasteiger partial charge in [-0.15, -0.1) is 11.3 Å². The summed E-state index contributed by atoms with van der Waals surface area (Å²) in [7, 11) is -2.94. The van der Waals surface area contributed by atoms with Crippen molar-refractivity contribution in [3.05, 3.63) is 35.2 Å². The highest BCUT2D eigenvalue weighted by atomic mass is 32.2. The zero-order chi connectivity index (χ0) is 17.2. The molecular formula is C17H20N2O3S2. The Morgan fingerprint density at radius 1 is 1.33 bits per heavy atom. The zero-order valence-corrected chi connectivity index (χ0v) is 15.1. The van der Waals surface area contributed by atoms with Gasteiger partial charge in [-0.2, -0.15) is 0 Å². The van der Waals surface area contributed by atoms with Crippen molar-refractivity contribution < 1.29 is 13.2 Å². The summed E-state index contributed by atoms with van der Waals surface area (Å²) in [5.41, 5.74) is 3.13. The van der Waals surface area contributed by atoms with Crippen LogP contribution in [0, 0.1) is 5.92 Å². The van der Waals surface area contributed by atoms with E-state index in [1.165, 1.54) is 16.9 Å². The fourth-order valence-electron chi connectivity index (χ4n) is 2.84. The lowest BCUT2D eigenvalue weighted by atomic mass is 10.1. The topological polar surface area (TPSA) is 76.1 Å². The van der Waals surface area contributed by atoms with E-state index in [4.69, 9.17) is 0 Å². The first-order chi connectivity index (χ1) is 11.4. The maximum absolute atomic E-state index is 12.1. The van der Waals surface area contributed by atoms with E-state index < -0.39 is 9.84 Å². The number of nitrogens with one attached hydrogen (secondary N) is 1. The van der Waals surface area contributed by atoms with E-state index in [0.717, 1.165) is 17.7 Å². The summed E-state index contributed by atoms with van der Waals surface area (Å²) in [6, 6.07) is 8.21. The highest BCUT2D eigenvalue weighted by molar-refractivity contribution is 7.91. The molecule has 0 spiro atoms. The average Bonchev–Trinajstić information content (AvgIpc) is 3.14. The van der Waals surface area contributed by atoms with Crippen LogP contribution in [0.2, 0.25) is 0 Å². The molecule has 0 bridgehead atoms. The molecule has 1 N–H and O–H groups in total. The highest BCUT2D eigenvalue weighted by Gasteiger charge is 2.29. The van der Waals surface area contributed by atoms with Crippen LogP contribution in [0.3, 0.4) is 0 Å². The van der Waals surface area contributed by atoms with Crippen LogP contribution in [0.15, 0.2) is 29.6 Å². The molecule has 1 aromatic carbocycles. The number of aryl methyl sites for hydroxylation is 1. The normalized spacial score (nSPS) is 19.3. The molecule has 1 saturated heterocycles. The van der Waals surface area contributed by atoms with Crippen LogP contribution in [0.4, 0.5) is 5.13 Å². The molecule has 3 rings (SSSR count). The number of anilines is 1. The molecule has 2 aromatic rings. The number of hydrogen-bond donors (Lipinski definition) is 1. The van der Waals surface area contributed by atoms with Gasteiger partial charge in [-0.3, -0.25) is 4.79 Å². The fourth-order valence-corrected chi connectivity index (χ4v) is 5.44. The average molecular weight is 364 g/mol. The number of rotatable bonds is 5. The first-order valence-corrected chi connectivity index (χ1v) is 10.7. The minimum Gasteiger partial charge on any atom is -0.302 e. The van der Waals surface area contributed by atoms with E-state index in [1.807, 2.05) is 17.5 Å². The van der Waals surface area contributed by atoms with Gasteiger partial charge in [-0.05, 0) is 24.3 Å². The lowest BCUT2D eigenvalue weighted by Gasteiger charge is -2.06.